The Hall–Kier alpha value is -1.07. The van der Waals surface area contributed by atoms with Gasteiger partial charge in [-0.1, -0.05) is 17.7 Å². The second-order valence-electron chi connectivity index (χ2n) is 2.70. The average molecular weight is 234 g/mol. The van der Waals surface area contributed by atoms with E-state index in [0.717, 1.165) is 18.4 Å². The number of aromatic carboxylic acids is 1. The fourth-order valence-corrected chi connectivity index (χ4v) is 2.10. The molecule has 1 aromatic rings. The van der Waals surface area contributed by atoms with Crippen molar-refractivity contribution in [2.45, 2.75) is 4.90 Å². The van der Waals surface area contributed by atoms with E-state index >= 15 is 0 Å². The topological polar surface area (TPSA) is 74.3 Å². The van der Waals surface area contributed by atoms with E-state index in [-0.39, 0.29) is 15.5 Å². The Bertz CT molecular complexity index is 478. The Balaban J connectivity index is 3.54. The summed E-state index contributed by atoms with van der Waals surface area (Å²) < 4.78 is 22.3. The molecular formula is C8H6ClO4S-. The van der Waals surface area contributed by atoms with Crippen LogP contribution in [0, 0.1) is 0 Å². The van der Waals surface area contributed by atoms with Crippen molar-refractivity contribution < 1.29 is 18.3 Å². The quantitative estimate of drug-likeness (QED) is 0.727. The molecular weight excluding hydrogens is 228 g/mol. The molecule has 0 saturated heterocycles. The molecule has 0 aliphatic carbocycles. The minimum Gasteiger partial charge on any atom is -0.545 e. The van der Waals surface area contributed by atoms with E-state index in [4.69, 9.17) is 11.6 Å². The first-order valence-corrected chi connectivity index (χ1v) is 5.80. The van der Waals surface area contributed by atoms with Crippen LogP contribution in [0.4, 0.5) is 0 Å². The van der Waals surface area contributed by atoms with Crippen molar-refractivity contribution >= 4 is 27.4 Å². The van der Waals surface area contributed by atoms with Gasteiger partial charge >= 0.3 is 0 Å². The lowest BCUT2D eigenvalue weighted by atomic mass is 10.2. The van der Waals surface area contributed by atoms with Crippen LogP contribution >= 0.6 is 11.6 Å². The molecule has 0 aliphatic rings. The number of carboxylic acids is 1. The van der Waals surface area contributed by atoms with Crippen LogP contribution in [0.5, 0.6) is 0 Å². The van der Waals surface area contributed by atoms with Crippen LogP contribution < -0.4 is 5.11 Å². The summed E-state index contributed by atoms with van der Waals surface area (Å²) in [6.45, 7) is 0. The monoisotopic (exact) mass is 233 g/mol. The number of carbonyl (C=O) groups excluding carboxylic acids is 1. The number of rotatable bonds is 2. The highest BCUT2D eigenvalue weighted by Crippen LogP contribution is 2.20. The van der Waals surface area contributed by atoms with Crippen molar-refractivity contribution in [3.8, 4) is 0 Å². The Morgan fingerprint density at radius 2 is 2.00 bits per heavy atom. The number of carbonyl (C=O) groups is 1. The van der Waals surface area contributed by atoms with Gasteiger partial charge in [0.1, 0.15) is 0 Å². The maximum atomic E-state index is 11.2. The number of sulfone groups is 1. The van der Waals surface area contributed by atoms with Crippen LogP contribution in [0.3, 0.4) is 0 Å². The summed E-state index contributed by atoms with van der Waals surface area (Å²) in [7, 11) is -3.61. The smallest absolute Gasteiger partial charge is 0.176 e. The third kappa shape index (κ3) is 2.24. The normalized spacial score (nSPS) is 11.3. The van der Waals surface area contributed by atoms with Gasteiger partial charge in [-0.25, -0.2) is 8.42 Å². The molecule has 0 spiro atoms. The lowest BCUT2D eigenvalue weighted by Gasteiger charge is -2.08. The molecule has 0 unspecified atom stereocenters. The van der Waals surface area contributed by atoms with Gasteiger partial charge in [0.05, 0.1) is 10.9 Å². The summed E-state index contributed by atoms with van der Waals surface area (Å²) in [6, 6.07) is 3.48. The van der Waals surface area contributed by atoms with Gasteiger partial charge in [0.2, 0.25) is 0 Å². The number of halogens is 1. The molecule has 0 aromatic heterocycles. The molecule has 6 heteroatoms. The van der Waals surface area contributed by atoms with Crippen molar-refractivity contribution in [3.63, 3.8) is 0 Å². The molecule has 76 valence electrons. The van der Waals surface area contributed by atoms with Gasteiger partial charge in [0.25, 0.3) is 0 Å². The van der Waals surface area contributed by atoms with E-state index in [1.54, 1.807) is 0 Å². The predicted octanol–water partition coefficient (Wildman–Crippen LogP) is 0.107. The van der Waals surface area contributed by atoms with Crippen molar-refractivity contribution in [2.75, 3.05) is 6.26 Å². The van der Waals surface area contributed by atoms with Gasteiger partial charge in [0.15, 0.2) is 9.84 Å². The molecule has 0 atom stereocenters. The van der Waals surface area contributed by atoms with E-state index in [1.807, 2.05) is 0 Å². The van der Waals surface area contributed by atoms with Gasteiger partial charge in [-0.3, -0.25) is 0 Å². The highest BCUT2D eigenvalue weighted by Gasteiger charge is 2.14. The Morgan fingerprint density at radius 3 is 2.43 bits per heavy atom. The lowest BCUT2D eigenvalue weighted by molar-refractivity contribution is -0.255. The molecule has 0 aliphatic heterocycles. The summed E-state index contributed by atoms with van der Waals surface area (Å²) in [5, 5.41) is 10.7. The SMILES string of the molecule is CS(=O)(=O)c1cc(Cl)ccc1C(=O)[O-]. The van der Waals surface area contributed by atoms with Gasteiger partial charge < -0.3 is 9.90 Å². The average Bonchev–Trinajstić information content (AvgIpc) is 2.01. The molecule has 0 saturated carbocycles. The second kappa shape index (κ2) is 3.59. The minimum atomic E-state index is -3.61. The van der Waals surface area contributed by atoms with E-state index in [9.17, 15) is 18.3 Å². The first-order valence-electron chi connectivity index (χ1n) is 3.53. The summed E-state index contributed by atoms with van der Waals surface area (Å²) in [5.74, 6) is -1.54. The molecule has 0 N–H and O–H groups in total. The summed E-state index contributed by atoms with van der Waals surface area (Å²) in [6.07, 6.45) is 0.908. The van der Waals surface area contributed by atoms with E-state index in [1.165, 1.54) is 6.07 Å². The first-order chi connectivity index (χ1) is 6.32. The van der Waals surface area contributed by atoms with Crippen molar-refractivity contribution in [3.05, 3.63) is 28.8 Å². The van der Waals surface area contributed by atoms with Crippen LogP contribution in [0.2, 0.25) is 5.02 Å². The van der Waals surface area contributed by atoms with Crippen LogP contribution in [0.25, 0.3) is 0 Å². The lowest BCUT2D eigenvalue weighted by Crippen LogP contribution is -2.24. The Kier molecular flexibility index (Phi) is 2.82. The third-order valence-electron chi connectivity index (χ3n) is 1.56. The fraction of sp³-hybridized carbons (Fsp3) is 0.125. The van der Waals surface area contributed by atoms with Crippen LogP contribution in [-0.2, 0) is 9.84 Å². The minimum absolute atomic E-state index is 0.162. The number of hydrogen-bond donors (Lipinski definition) is 0. The summed E-state index contributed by atoms with van der Waals surface area (Å²) in [5.41, 5.74) is -0.378. The fourth-order valence-electron chi connectivity index (χ4n) is 0.972. The van der Waals surface area contributed by atoms with Gasteiger partial charge in [-0.2, -0.15) is 0 Å². The van der Waals surface area contributed by atoms with Gasteiger partial charge in [0, 0.05) is 16.8 Å². The highest BCUT2D eigenvalue weighted by molar-refractivity contribution is 7.90. The van der Waals surface area contributed by atoms with E-state index in [2.05, 4.69) is 0 Å². The zero-order valence-corrected chi connectivity index (χ0v) is 8.72. The number of benzene rings is 1. The first kappa shape index (κ1) is 11.0. The van der Waals surface area contributed by atoms with Crippen LogP contribution in [-0.4, -0.2) is 20.6 Å². The van der Waals surface area contributed by atoms with E-state index < -0.39 is 15.8 Å². The Morgan fingerprint density at radius 1 is 1.43 bits per heavy atom. The number of carboxylic acid groups (broad SMARTS) is 1. The zero-order valence-electron chi connectivity index (χ0n) is 7.15. The molecule has 1 rings (SSSR count). The van der Waals surface area contributed by atoms with Crippen molar-refractivity contribution in [2.24, 2.45) is 0 Å². The molecule has 0 bridgehead atoms. The standard InChI is InChI=1S/C8H7ClO4S/c1-14(12,13)7-4-5(9)2-3-6(7)8(10)11/h2-4H,1H3,(H,10,11)/p-1. The maximum Gasteiger partial charge on any atom is 0.176 e. The van der Waals surface area contributed by atoms with Gasteiger partial charge in [-0.15, -0.1) is 0 Å². The predicted molar refractivity (Wildman–Crippen MR) is 48.9 cm³/mol. The van der Waals surface area contributed by atoms with Crippen molar-refractivity contribution in [1.82, 2.24) is 0 Å². The second-order valence-corrected chi connectivity index (χ2v) is 5.12. The third-order valence-corrected chi connectivity index (χ3v) is 2.93. The molecule has 4 nitrogen and oxygen atoms in total. The molecule has 0 amide bonds. The van der Waals surface area contributed by atoms with Crippen LogP contribution in [0.1, 0.15) is 10.4 Å². The zero-order chi connectivity index (χ0) is 10.9. The molecule has 0 heterocycles. The number of hydrogen-bond acceptors (Lipinski definition) is 4. The molecule has 1 aromatic carbocycles. The summed E-state index contributed by atoms with van der Waals surface area (Å²) >= 11 is 5.55. The molecule has 14 heavy (non-hydrogen) atoms. The summed E-state index contributed by atoms with van der Waals surface area (Å²) in [4.78, 5) is 10.2. The Labute approximate surface area is 86.0 Å². The van der Waals surface area contributed by atoms with Gasteiger partial charge in [-0.05, 0) is 12.1 Å². The highest BCUT2D eigenvalue weighted by atomic mass is 35.5. The molecule has 0 radical (unpaired) electrons. The van der Waals surface area contributed by atoms with E-state index in [0.29, 0.717) is 0 Å². The largest absolute Gasteiger partial charge is 0.545 e. The molecule has 0 fully saturated rings. The van der Waals surface area contributed by atoms with Crippen molar-refractivity contribution in [1.29, 1.82) is 0 Å². The van der Waals surface area contributed by atoms with Crippen LogP contribution in [0.15, 0.2) is 23.1 Å². The maximum absolute atomic E-state index is 11.2.